The van der Waals surface area contributed by atoms with Crippen molar-refractivity contribution in [2.45, 2.75) is 12.5 Å². The fraction of sp³-hybridized carbons (Fsp3) is 0.412. The van der Waals surface area contributed by atoms with Crippen LogP contribution in [0.5, 0.6) is 5.75 Å². The number of ether oxygens (including phenoxy) is 1. The Bertz CT molecular complexity index is 645. The first-order valence-corrected chi connectivity index (χ1v) is 8.92. The van der Waals surface area contributed by atoms with Gasteiger partial charge in [-0.25, -0.2) is 4.98 Å². The summed E-state index contributed by atoms with van der Waals surface area (Å²) < 4.78 is 5.19. The molecular weight excluding hydrogens is 324 g/mol. The van der Waals surface area contributed by atoms with Crippen LogP contribution in [0, 0.1) is 0 Å². The highest BCUT2D eigenvalue weighted by molar-refractivity contribution is 7.09. The number of nitrogens with one attached hydrogen (secondary N) is 2. The molecule has 7 heteroatoms. The molecule has 0 bridgehead atoms. The molecule has 0 radical (unpaired) electrons. The van der Waals surface area contributed by atoms with Gasteiger partial charge in [0.15, 0.2) is 0 Å². The van der Waals surface area contributed by atoms with Crippen molar-refractivity contribution < 1.29 is 9.53 Å². The molecule has 0 saturated carbocycles. The highest BCUT2D eigenvalue weighted by Gasteiger charge is 2.25. The Kier molecular flexibility index (Phi) is 5.66. The van der Waals surface area contributed by atoms with E-state index in [1.54, 1.807) is 24.6 Å². The van der Waals surface area contributed by atoms with E-state index in [1.165, 1.54) is 0 Å². The standard InChI is InChI=1S/C17H22N4O2S/c1-23-14-4-2-13(3-5-14)21-10-8-18-15(12-21)17(22)20-7-6-16-19-9-11-24-16/h2-5,9,11,15,18H,6-8,10,12H2,1H3,(H,20,22)/t15-/m1/s1. The molecule has 3 rings (SSSR count). The molecule has 2 N–H and O–H groups in total. The maximum atomic E-state index is 12.4. The second-order valence-corrected chi connectivity index (χ2v) is 6.60. The molecule has 1 saturated heterocycles. The summed E-state index contributed by atoms with van der Waals surface area (Å²) in [4.78, 5) is 18.8. The molecule has 0 unspecified atom stereocenters. The first kappa shape index (κ1) is 16.7. The second-order valence-electron chi connectivity index (χ2n) is 5.62. The van der Waals surface area contributed by atoms with Crippen LogP contribution in [0.25, 0.3) is 0 Å². The van der Waals surface area contributed by atoms with Crippen LogP contribution >= 0.6 is 11.3 Å². The minimum atomic E-state index is -0.197. The Morgan fingerprint density at radius 2 is 2.29 bits per heavy atom. The number of methoxy groups -OCH3 is 1. The SMILES string of the molecule is COc1ccc(N2CCN[C@@H](C(=O)NCCc3nccs3)C2)cc1. The molecule has 1 aliphatic heterocycles. The summed E-state index contributed by atoms with van der Waals surface area (Å²) in [5.74, 6) is 0.884. The minimum absolute atomic E-state index is 0.0461. The van der Waals surface area contributed by atoms with Crippen LogP contribution in [0.3, 0.4) is 0 Å². The van der Waals surface area contributed by atoms with Gasteiger partial charge in [-0.05, 0) is 24.3 Å². The molecule has 1 aromatic carbocycles. The number of carbonyl (C=O) groups is 1. The van der Waals surface area contributed by atoms with Crippen LogP contribution < -0.4 is 20.3 Å². The Labute approximate surface area is 145 Å². The molecule has 6 nitrogen and oxygen atoms in total. The molecule has 2 aromatic rings. The topological polar surface area (TPSA) is 66.5 Å². The number of thiazole rings is 1. The van der Waals surface area contributed by atoms with Gasteiger partial charge in [-0.2, -0.15) is 0 Å². The zero-order valence-electron chi connectivity index (χ0n) is 13.7. The maximum absolute atomic E-state index is 12.4. The van der Waals surface area contributed by atoms with Crippen molar-refractivity contribution in [2.75, 3.05) is 38.2 Å². The van der Waals surface area contributed by atoms with Gasteiger partial charge >= 0.3 is 0 Å². The molecule has 128 valence electrons. The summed E-state index contributed by atoms with van der Waals surface area (Å²) in [6, 6.07) is 7.75. The van der Waals surface area contributed by atoms with Crippen LogP contribution in [0.2, 0.25) is 0 Å². The van der Waals surface area contributed by atoms with Crippen molar-refractivity contribution in [3.05, 3.63) is 40.8 Å². The summed E-state index contributed by atoms with van der Waals surface area (Å²) in [6.07, 6.45) is 2.57. The Hall–Kier alpha value is -2.12. The fourth-order valence-electron chi connectivity index (χ4n) is 2.75. The molecule has 1 fully saturated rings. The van der Waals surface area contributed by atoms with Gasteiger partial charge in [0.25, 0.3) is 0 Å². The van der Waals surface area contributed by atoms with Crippen LogP contribution in [-0.4, -0.2) is 50.2 Å². The van der Waals surface area contributed by atoms with Gasteiger partial charge in [0.05, 0.1) is 12.1 Å². The lowest BCUT2D eigenvalue weighted by atomic mass is 10.1. The predicted molar refractivity (Wildman–Crippen MR) is 95.8 cm³/mol. The number of nitrogens with zero attached hydrogens (tertiary/aromatic N) is 2. The van der Waals surface area contributed by atoms with Gasteiger partial charge < -0.3 is 20.3 Å². The number of anilines is 1. The van der Waals surface area contributed by atoms with E-state index in [4.69, 9.17) is 4.74 Å². The molecule has 1 aromatic heterocycles. The van der Waals surface area contributed by atoms with Gasteiger partial charge in [0.2, 0.25) is 5.91 Å². The van der Waals surface area contributed by atoms with Gasteiger partial charge in [0.1, 0.15) is 11.8 Å². The molecule has 24 heavy (non-hydrogen) atoms. The van der Waals surface area contributed by atoms with E-state index in [0.717, 1.165) is 36.0 Å². The number of carbonyl (C=O) groups excluding carboxylic acids is 1. The van der Waals surface area contributed by atoms with E-state index in [-0.39, 0.29) is 11.9 Å². The van der Waals surface area contributed by atoms with Gasteiger partial charge in [-0.3, -0.25) is 4.79 Å². The third-order valence-electron chi connectivity index (χ3n) is 4.05. The summed E-state index contributed by atoms with van der Waals surface area (Å²) in [7, 11) is 1.66. The number of piperazine rings is 1. The Balaban J connectivity index is 1.51. The minimum Gasteiger partial charge on any atom is -0.497 e. The molecule has 1 atom stereocenters. The van der Waals surface area contributed by atoms with Crippen molar-refractivity contribution in [3.8, 4) is 5.75 Å². The highest BCUT2D eigenvalue weighted by atomic mass is 32.1. The smallest absolute Gasteiger partial charge is 0.238 e. The lowest BCUT2D eigenvalue weighted by Gasteiger charge is -2.34. The molecule has 2 heterocycles. The Morgan fingerprint density at radius 3 is 3.00 bits per heavy atom. The van der Waals surface area contributed by atoms with Gasteiger partial charge in [-0.1, -0.05) is 0 Å². The zero-order chi connectivity index (χ0) is 16.8. The van der Waals surface area contributed by atoms with E-state index in [2.05, 4.69) is 20.5 Å². The molecular formula is C17H22N4O2S. The Morgan fingerprint density at radius 1 is 1.46 bits per heavy atom. The largest absolute Gasteiger partial charge is 0.497 e. The van der Waals surface area contributed by atoms with E-state index in [1.807, 2.05) is 29.6 Å². The second kappa shape index (κ2) is 8.12. The zero-order valence-corrected chi connectivity index (χ0v) is 14.5. The van der Waals surface area contributed by atoms with Crippen molar-refractivity contribution in [1.82, 2.24) is 15.6 Å². The number of aromatic nitrogens is 1. The van der Waals surface area contributed by atoms with E-state index >= 15 is 0 Å². The van der Waals surface area contributed by atoms with Crippen LogP contribution in [0.15, 0.2) is 35.8 Å². The van der Waals surface area contributed by atoms with Gasteiger partial charge in [0, 0.05) is 49.9 Å². The molecule has 1 amide bonds. The van der Waals surface area contributed by atoms with Gasteiger partial charge in [-0.15, -0.1) is 11.3 Å². The molecule has 0 spiro atoms. The molecule has 0 aliphatic carbocycles. The number of rotatable bonds is 6. The highest BCUT2D eigenvalue weighted by Crippen LogP contribution is 2.20. The molecule has 1 aliphatic rings. The summed E-state index contributed by atoms with van der Waals surface area (Å²) in [5, 5.41) is 9.29. The first-order valence-electron chi connectivity index (χ1n) is 8.05. The first-order chi connectivity index (χ1) is 11.8. The van der Waals surface area contributed by atoms with Crippen molar-refractivity contribution in [2.24, 2.45) is 0 Å². The third kappa shape index (κ3) is 4.24. The maximum Gasteiger partial charge on any atom is 0.238 e. The van der Waals surface area contributed by atoms with Crippen LogP contribution in [0.1, 0.15) is 5.01 Å². The lowest BCUT2D eigenvalue weighted by molar-refractivity contribution is -0.123. The summed E-state index contributed by atoms with van der Waals surface area (Å²) in [6.45, 7) is 2.95. The van der Waals surface area contributed by atoms with Crippen molar-refractivity contribution in [1.29, 1.82) is 0 Å². The lowest BCUT2D eigenvalue weighted by Crippen LogP contribution is -2.57. The van der Waals surface area contributed by atoms with E-state index in [0.29, 0.717) is 13.1 Å². The van der Waals surface area contributed by atoms with Crippen molar-refractivity contribution >= 4 is 22.9 Å². The fourth-order valence-corrected chi connectivity index (χ4v) is 3.37. The normalized spacial score (nSPS) is 17.5. The quantitative estimate of drug-likeness (QED) is 0.825. The van der Waals surface area contributed by atoms with Crippen LogP contribution in [0.4, 0.5) is 5.69 Å². The average Bonchev–Trinajstić information content (AvgIpc) is 3.15. The van der Waals surface area contributed by atoms with Crippen molar-refractivity contribution in [3.63, 3.8) is 0 Å². The monoisotopic (exact) mass is 346 g/mol. The van der Waals surface area contributed by atoms with E-state index < -0.39 is 0 Å². The predicted octanol–water partition coefficient (Wildman–Crippen LogP) is 1.29. The number of amides is 1. The van der Waals surface area contributed by atoms with Crippen LogP contribution in [-0.2, 0) is 11.2 Å². The summed E-state index contributed by atoms with van der Waals surface area (Å²) in [5.41, 5.74) is 1.11. The number of benzene rings is 1. The number of hydrogen-bond acceptors (Lipinski definition) is 6. The summed E-state index contributed by atoms with van der Waals surface area (Å²) >= 11 is 1.61. The average molecular weight is 346 g/mol. The van der Waals surface area contributed by atoms with E-state index in [9.17, 15) is 4.79 Å². The number of hydrogen-bond donors (Lipinski definition) is 2. The third-order valence-corrected chi connectivity index (χ3v) is 4.89.